The number of aromatic nitrogens is 1. The Morgan fingerprint density at radius 1 is 1.14 bits per heavy atom. The van der Waals surface area contributed by atoms with E-state index in [-0.39, 0.29) is 5.91 Å². The maximum Gasteiger partial charge on any atom is 0.417 e. The lowest BCUT2D eigenvalue weighted by Gasteiger charge is -2.28. The molecule has 3 rings (SSSR count). The Morgan fingerprint density at radius 3 is 2.54 bits per heavy atom. The van der Waals surface area contributed by atoms with Crippen LogP contribution < -0.4 is 10.2 Å². The van der Waals surface area contributed by atoms with Crippen LogP contribution in [0.4, 0.5) is 19.0 Å². The Kier molecular flexibility index (Phi) is 6.80. The van der Waals surface area contributed by atoms with Crippen LogP contribution in [-0.4, -0.2) is 54.6 Å². The van der Waals surface area contributed by atoms with Gasteiger partial charge in [0.05, 0.1) is 12.1 Å². The van der Waals surface area contributed by atoms with Crippen molar-refractivity contribution in [2.75, 3.05) is 37.6 Å². The Hall–Kier alpha value is -1.83. The van der Waals surface area contributed by atoms with Crippen LogP contribution in [0.25, 0.3) is 0 Å². The molecule has 0 aromatic carbocycles. The van der Waals surface area contributed by atoms with Crippen molar-refractivity contribution in [3.63, 3.8) is 0 Å². The van der Waals surface area contributed by atoms with Gasteiger partial charge in [0.1, 0.15) is 5.82 Å². The first-order chi connectivity index (χ1) is 13.3. The van der Waals surface area contributed by atoms with E-state index in [1.807, 2.05) is 4.90 Å². The third-order valence-electron chi connectivity index (χ3n) is 5.74. The fraction of sp³-hybridized carbons (Fsp3) is 0.700. The highest BCUT2D eigenvalue weighted by Crippen LogP contribution is 2.29. The smallest absolute Gasteiger partial charge is 0.355 e. The van der Waals surface area contributed by atoms with Crippen molar-refractivity contribution in [3.05, 3.63) is 23.9 Å². The first-order valence-corrected chi connectivity index (χ1v) is 10.1. The van der Waals surface area contributed by atoms with Crippen molar-refractivity contribution in [2.45, 2.75) is 51.2 Å². The van der Waals surface area contributed by atoms with Crippen LogP contribution in [-0.2, 0) is 11.0 Å². The van der Waals surface area contributed by atoms with Crippen LogP contribution in [0, 0.1) is 5.92 Å². The van der Waals surface area contributed by atoms with Crippen molar-refractivity contribution in [2.24, 2.45) is 5.92 Å². The number of anilines is 1. The normalized spacial score (nSPS) is 24.6. The molecule has 1 N–H and O–H groups in total. The largest absolute Gasteiger partial charge is 0.417 e. The van der Waals surface area contributed by atoms with E-state index in [0.29, 0.717) is 31.5 Å². The highest BCUT2D eigenvalue weighted by molar-refractivity contribution is 5.78. The predicted molar refractivity (Wildman–Crippen MR) is 102 cm³/mol. The monoisotopic (exact) mass is 398 g/mol. The molecule has 2 heterocycles. The van der Waals surface area contributed by atoms with Gasteiger partial charge in [-0.25, -0.2) is 4.98 Å². The summed E-state index contributed by atoms with van der Waals surface area (Å²) in [5, 5.41) is 3.16. The quantitative estimate of drug-likeness (QED) is 0.846. The first-order valence-electron chi connectivity index (χ1n) is 10.1. The molecule has 0 unspecified atom stereocenters. The number of pyridine rings is 1. The van der Waals surface area contributed by atoms with E-state index < -0.39 is 11.7 Å². The Balaban J connectivity index is 1.47. The molecule has 0 radical (unpaired) electrons. The molecule has 1 amide bonds. The second kappa shape index (κ2) is 9.11. The molecule has 1 aromatic rings. The summed E-state index contributed by atoms with van der Waals surface area (Å²) in [5.74, 6) is 1.37. The minimum Gasteiger partial charge on any atom is -0.355 e. The molecule has 1 saturated carbocycles. The van der Waals surface area contributed by atoms with Gasteiger partial charge in [-0.05, 0) is 50.2 Å². The summed E-state index contributed by atoms with van der Waals surface area (Å²) in [7, 11) is 0. The maximum absolute atomic E-state index is 12.7. The molecule has 8 heteroatoms. The van der Waals surface area contributed by atoms with E-state index in [2.05, 4.69) is 22.1 Å². The maximum atomic E-state index is 12.7. The highest BCUT2D eigenvalue weighted by atomic mass is 19.4. The molecular weight excluding hydrogens is 369 g/mol. The summed E-state index contributed by atoms with van der Waals surface area (Å²) in [4.78, 5) is 20.5. The summed E-state index contributed by atoms with van der Waals surface area (Å²) in [6.45, 7) is 5.49. The minimum absolute atomic E-state index is 0.0701. The molecular formula is C20H29F3N4O. The topological polar surface area (TPSA) is 48.5 Å². The van der Waals surface area contributed by atoms with Gasteiger partial charge in [0.25, 0.3) is 0 Å². The van der Waals surface area contributed by atoms with E-state index in [4.69, 9.17) is 0 Å². The fourth-order valence-corrected chi connectivity index (χ4v) is 3.98. The fourth-order valence-electron chi connectivity index (χ4n) is 3.98. The van der Waals surface area contributed by atoms with Gasteiger partial charge in [-0.1, -0.05) is 6.92 Å². The zero-order valence-corrected chi connectivity index (χ0v) is 16.3. The minimum atomic E-state index is -4.37. The predicted octanol–water partition coefficient (Wildman–Crippen LogP) is 3.31. The molecule has 0 spiro atoms. The molecule has 2 aliphatic rings. The molecule has 5 nitrogen and oxygen atoms in total. The number of halogens is 3. The van der Waals surface area contributed by atoms with E-state index in [0.717, 1.165) is 50.5 Å². The lowest BCUT2D eigenvalue weighted by Crippen LogP contribution is -2.44. The van der Waals surface area contributed by atoms with Gasteiger partial charge in [-0.2, -0.15) is 13.2 Å². The molecule has 1 saturated heterocycles. The molecule has 1 aliphatic carbocycles. The van der Waals surface area contributed by atoms with E-state index >= 15 is 0 Å². The zero-order chi connectivity index (χ0) is 20.1. The number of hydrogen-bond acceptors (Lipinski definition) is 4. The average molecular weight is 398 g/mol. The van der Waals surface area contributed by atoms with Gasteiger partial charge in [0.2, 0.25) is 5.91 Å². The number of nitrogens with zero attached hydrogens (tertiary/aromatic N) is 3. The number of rotatable bonds is 4. The van der Waals surface area contributed by atoms with Gasteiger partial charge in [-0.15, -0.1) is 0 Å². The van der Waals surface area contributed by atoms with Crippen LogP contribution in [0.5, 0.6) is 0 Å². The summed E-state index contributed by atoms with van der Waals surface area (Å²) in [6.07, 6.45) is 1.81. The van der Waals surface area contributed by atoms with E-state index in [9.17, 15) is 18.0 Å². The second-order valence-electron chi connectivity index (χ2n) is 8.04. The van der Waals surface area contributed by atoms with Gasteiger partial charge in [0.15, 0.2) is 0 Å². The molecule has 0 atom stereocenters. The summed E-state index contributed by atoms with van der Waals surface area (Å²) >= 11 is 0. The van der Waals surface area contributed by atoms with Gasteiger partial charge in [-0.3, -0.25) is 9.69 Å². The molecule has 2 fully saturated rings. The van der Waals surface area contributed by atoms with Crippen LogP contribution in [0.1, 0.15) is 44.6 Å². The van der Waals surface area contributed by atoms with E-state index in [1.165, 1.54) is 18.9 Å². The van der Waals surface area contributed by atoms with Crippen LogP contribution in [0.3, 0.4) is 0 Å². The summed E-state index contributed by atoms with van der Waals surface area (Å²) in [5.41, 5.74) is -0.735. The van der Waals surface area contributed by atoms with Crippen LogP contribution in [0.2, 0.25) is 0 Å². The molecule has 28 heavy (non-hydrogen) atoms. The number of carbonyl (C=O) groups is 1. The number of carbonyl (C=O) groups excluding carboxylic acids is 1. The average Bonchev–Trinajstić information content (AvgIpc) is 2.88. The van der Waals surface area contributed by atoms with Gasteiger partial charge in [0, 0.05) is 38.4 Å². The highest BCUT2D eigenvalue weighted by Gasteiger charge is 2.31. The Labute approximate surface area is 164 Å². The number of nitrogens with one attached hydrogen (secondary N) is 1. The van der Waals surface area contributed by atoms with Crippen molar-refractivity contribution in [1.82, 2.24) is 15.2 Å². The molecule has 1 aliphatic heterocycles. The number of amides is 1. The molecule has 0 bridgehead atoms. The van der Waals surface area contributed by atoms with Crippen LogP contribution >= 0.6 is 0 Å². The SMILES string of the molecule is CC1CCC(NC(=O)CN2CCCN(c3ccc(C(F)(F)F)cn3)CC2)CC1. The second-order valence-corrected chi connectivity index (χ2v) is 8.04. The Bertz CT molecular complexity index is 642. The number of alkyl halides is 3. The standard InChI is InChI=1S/C20H29F3N4O/c1-15-3-6-17(7-4-15)25-19(28)14-26-9-2-10-27(12-11-26)18-8-5-16(13-24-18)20(21,22)23/h5,8,13,15,17H,2-4,6-7,9-12,14H2,1H3,(H,25,28). The number of hydrogen-bond donors (Lipinski definition) is 1. The van der Waals surface area contributed by atoms with E-state index in [1.54, 1.807) is 0 Å². The van der Waals surface area contributed by atoms with Gasteiger partial charge < -0.3 is 10.2 Å². The first kappa shape index (κ1) is 20.9. The summed E-state index contributed by atoms with van der Waals surface area (Å²) < 4.78 is 38.1. The third kappa shape index (κ3) is 5.83. The van der Waals surface area contributed by atoms with Crippen molar-refractivity contribution in [3.8, 4) is 0 Å². The lowest BCUT2D eigenvalue weighted by molar-refractivity contribution is -0.137. The third-order valence-corrected chi connectivity index (χ3v) is 5.74. The van der Waals surface area contributed by atoms with Crippen molar-refractivity contribution in [1.29, 1.82) is 0 Å². The molecule has 156 valence electrons. The van der Waals surface area contributed by atoms with Crippen LogP contribution in [0.15, 0.2) is 18.3 Å². The van der Waals surface area contributed by atoms with Crippen molar-refractivity contribution >= 4 is 11.7 Å². The zero-order valence-electron chi connectivity index (χ0n) is 16.3. The molecule has 1 aromatic heterocycles. The van der Waals surface area contributed by atoms with Gasteiger partial charge >= 0.3 is 6.18 Å². The Morgan fingerprint density at radius 2 is 1.89 bits per heavy atom. The van der Waals surface area contributed by atoms with Crippen molar-refractivity contribution < 1.29 is 18.0 Å². The lowest BCUT2D eigenvalue weighted by atomic mass is 9.87. The summed E-state index contributed by atoms with van der Waals surface area (Å²) in [6, 6.07) is 2.79.